The molecule has 1 aromatic rings. The van der Waals surface area contributed by atoms with Crippen molar-refractivity contribution in [2.24, 2.45) is 5.73 Å². The molecule has 0 radical (unpaired) electrons. The Hall–Kier alpha value is -2.03. The summed E-state index contributed by atoms with van der Waals surface area (Å²) in [4.78, 5) is 12.1. The minimum Gasteiger partial charge on any atom is -0.495 e. The van der Waals surface area contributed by atoms with E-state index in [4.69, 9.17) is 15.2 Å². The molecule has 3 N–H and O–H groups in total. The van der Waals surface area contributed by atoms with Crippen molar-refractivity contribution >= 4 is 11.6 Å². The van der Waals surface area contributed by atoms with Gasteiger partial charge in [-0.1, -0.05) is 11.8 Å². The Balaban J connectivity index is 2.92. The first-order chi connectivity index (χ1) is 9.91. The number of anilines is 1. The standard InChI is InChI=1S/C16H22N2O3/c1-16(2,21-4)11-15(19)18-13-10-12(6-5-9-17)7-8-14(13)20-3/h7-8,10H,9,11,17H2,1-4H3,(H,18,19). The van der Waals surface area contributed by atoms with E-state index in [0.717, 1.165) is 5.56 Å². The minimum atomic E-state index is -0.520. The Morgan fingerprint density at radius 1 is 1.38 bits per heavy atom. The average Bonchev–Trinajstić information content (AvgIpc) is 2.44. The van der Waals surface area contributed by atoms with E-state index in [1.165, 1.54) is 0 Å². The summed E-state index contributed by atoms with van der Waals surface area (Å²) in [6, 6.07) is 5.34. The second kappa shape index (κ2) is 7.67. The van der Waals surface area contributed by atoms with Crippen LogP contribution in [-0.4, -0.2) is 32.3 Å². The van der Waals surface area contributed by atoms with Gasteiger partial charge in [-0.15, -0.1) is 0 Å². The number of carbonyl (C=O) groups is 1. The summed E-state index contributed by atoms with van der Waals surface area (Å²) < 4.78 is 10.5. The zero-order chi connectivity index (χ0) is 15.9. The molecule has 0 unspecified atom stereocenters. The van der Waals surface area contributed by atoms with Crippen molar-refractivity contribution in [3.63, 3.8) is 0 Å². The molecule has 1 amide bonds. The maximum atomic E-state index is 12.1. The van der Waals surface area contributed by atoms with Gasteiger partial charge in [0.25, 0.3) is 0 Å². The third-order valence-corrected chi connectivity index (χ3v) is 2.95. The molecule has 0 aliphatic heterocycles. The first kappa shape index (κ1) is 17.0. The summed E-state index contributed by atoms with van der Waals surface area (Å²) in [5.74, 6) is 6.13. The largest absolute Gasteiger partial charge is 0.495 e. The monoisotopic (exact) mass is 290 g/mol. The topological polar surface area (TPSA) is 73.6 Å². The fraction of sp³-hybridized carbons (Fsp3) is 0.438. The summed E-state index contributed by atoms with van der Waals surface area (Å²) >= 11 is 0. The highest BCUT2D eigenvalue weighted by molar-refractivity contribution is 5.93. The fourth-order valence-corrected chi connectivity index (χ4v) is 1.69. The summed E-state index contributed by atoms with van der Waals surface area (Å²) in [5.41, 5.74) is 6.18. The van der Waals surface area contributed by atoms with Crippen LogP contribution in [0.5, 0.6) is 5.75 Å². The smallest absolute Gasteiger partial charge is 0.227 e. The average molecular weight is 290 g/mol. The summed E-state index contributed by atoms with van der Waals surface area (Å²) in [7, 11) is 3.13. The zero-order valence-electron chi connectivity index (χ0n) is 12.9. The molecule has 1 aromatic carbocycles. The molecule has 0 saturated carbocycles. The van der Waals surface area contributed by atoms with Gasteiger partial charge < -0.3 is 20.5 Å². The molecule has 0 fully saturated rings. The molecule has 0 saturated heterocycles. The number of rotatable bonds is 5. The lowest BCUT2D eigenvalue weighted by atomic mass is 10.0. The lowest BCUT2D eigenvalue weighted by Crippen LogP contribution is -2.29. The third kappa shape index (κ3) is 5.46. The van der Waals surface area contributed by atoms with Crippen molar-refractivity contribution in [3.8, 4) is 17.6 Å². The molecule has 0 atom stereocenters. The predicted molar refractivity (Wildman–Crippen MR) is 83.3 cm³/mol. The quantitative estimate of drug-likeness (QED) is 0.810. The van der Waals surface area contributed by atoms with E-state index in [9.17, 15) is 4.79 Å². The normalized spacial score (nSPS) is 10.5. The lowest BCUT2D eigenvalue weighted by Gasteiger charge is -2.22. The SMILES string of the molecule is COc1ccc(C#CCN)cc1NC(=O)CC(C)(C)OC. The maximum absolute atomic E-state index is 12.1. The van der Waals surface area contributed by atoms with Gasteiger partial charge in [0.05, 0.1) is 31.4 Å². The van der Waals surface area contributed by atoms with Crippen LogP contribution in [0.1, 0.15) is 25.8 Å². The highest BCUT2D eigenvalue weighted by Crippen LogP contribution is 2.26. The number of hydrogen-bond acceptors (Lipinski definition) is 4. The van der Waals surface area contributed by atoms with Gasteiger partial charge in [0.1, 0.15) is 5.75 Å². The predicted octanol–water partition coefficient (Wildman–Crippen LogP) is 1.76. The van der Waals surface area contributed by atoms with Crippen LogP contribution in [0.2, 0.25) is 0 Å². The highest BCUT2D eigenvalue weighted by Gasteiger charge is 2.21. The van der Waals surface area contributed by atoms with Crippen LogP contribution in [-0.2, 0) is 9.53 Å². The first-order valence-corrected chi connectivity index (χ1v) is 6.64. The van der Waals surface area contributed by atoms with Gasteiger partial charge in [-0.3, -0.25) is 4.79 Å². The number of hydrogen-bond donors (Lipinski definition) is 2. The molecule has 0 aliphatic rings. The Kier molecular flexibility index (Phi) is 6.22. The molecule has 114 valence electrons. The Morgan fingerprint density at radius 2 is 2.10 bits per heavy atom. The number of nitrogens with one attached hydrogen (secondary N) is 1. The molecule has 1 rings (SSSR count). The molecule has 0 aromatic heterocycles. The minimum absolute atomic E-state index is 0.149. The molecule has 5 heteroatoms. The van der Waals surface area contributed by atoms with Gasteiger partial charge in [0.15, 0.2) is 0 Å². The van der Waals surface area contributed by atoms with Crippen LogP contribution in [0.15, 0.2) is 18.2 Å². The van der Waals surface area contributed by atoms with Crippen molar-refractivity contribution in [2.45, 2.75) is 25.9 Å². The lowest BCUT2D eigenvalue weighted by molar-refractivity contribution is -0.121. The fourth-order valence-electron chi connectivity index (χ4n) is 1.69. The van der Waals surface area contributed by atoms with Crippen molar-refractivity contribution in [1.29, 1.82) is 0 Å². The Bertz CT molecular complexity index is 556. The van der Waals surface area contributed by atoms with Crippen molar-refractivity contribution in [2.75, 3.05) is 26.1 Å². The Morgan fingerprint density at radius 3 is 2.67 bits per heavy atom. The first-order valence-electron chi connectivity index (χ1n) is 6.64. The second-order valence-corrected chi connectivity index (χ2v) is 5.11. The van der Waals surface area contributed by atoms with Crippen molar-refractivity contribution in [1.82, 2.24) is 0 Å². The number of amides is 1. The van der Waals surface area contributed by atoms with E-state index >= 15 is 0 Å². The molecule has 0 heterocycles. The van der Waals surface area contributed by atoms with Crippen LogP contribution in [0.25, 0.3) is 0 Å². The van der Waals surface area contributed by atoms with E-state index in [0.29, 0.717) is 11.4 Å². The van der Waals surface area contributed by atoms with Crippen LogP contribution >= 0.6 is 0 Å². The summed E-state index contributed by atoms with van der Waals surface area (Å²) in [5, 5.41) is 2.83. The van der Waals surface area contributed by atoms with Crippen LogP contribution in [0, 0.1) is 11.8 Å². The van der Waals surface area contributed by atoms with E-state index in [1.54, 1.807) is 26.4 Å². The molecule has 0 spiro atoms. The summed E-state index contributed by atoms with van der Waals surface area (Å²) in [6.07, 6.45) is 0.241. The second-order valence-electron chi connectivity index (χ2n) is 5.11. The zero-order valence-corrected chi connectivity index (χ0v) is 12.9. The maximum Gasteiger partial charge on any atom is 0.227 e. The number of carbonyl (C=O) groups excluding carboxylic acids is 1. The van der Waals surface area contributed by atoms with Gasteiger partial charge in [-0.05, 0) is 32.0 Å². The van der Waals surface area contributed by atoms with Crippen LogP contribution in [0.4, 0.5) is 5.69 Å². The molecular formula is C16H22N2O3. The molecule has 0 aliphatic carbocycles. The van der Waals surface area contributed by atoms with Gasteiger partial charge in [-0.2, -0.15) is 0 Å². The number of ether oxygens (including phenoxy) is 2. The third-order valence-electron chi connectivity index (χ3n) is 2.95. The number of benzene rings is 1. The highest BCUT2D eigenvalue weighted by atomic mass is 16.5. The number of methoxy groups -OCH3 is 2. The van der Waals surface area contributed by atoms with Gasteiger partial charge >= 0.3 is 0 Å². The van der Waals surface area contributed by atoms with E-state index < -0.39 is 5.60 Å². The van der Waals surface area contributed by atoms with E-state index in [2.05, 4.69) is 17.2 Å². The summed E-state index contributed by atoms with van der Waals surface area (Å²) in [6.45, 7) is 4.00. The molecule has 0 bridgehead atoms. The van der Waals surface area contributed by atoms with E-state index in [1.807, 2.05) is 19.9 Å². The number of nitrogens with two attached hydrogens (primary N) is 1. The van der Waals surface area contributed by atoms with E-state index in [-0.39, 0.29) is 18.9 Å². The van der Waals surface area contributed by atoms with Crippen LogP contribution < -0.4 is 15.8 Å². The molecular weight excluding hydrogens is 268 g/mol. The van der Waals surface area contributed by atoms with Gasteiger partial charge in [0.2, 0.25) is 5.91 Å². The molecule has 5 nitrogen and oxygen atoms in total. The van der Waals surface area contributed by atoms with Gasteiger partial charge in [-0.25, -0.2) is 0 Å². The molecule has 21 heavy (non-hydrogen) atoms. The van der Waals surface area contributed by atoms with Crippen molar-refractivity contribution < 1.29 is 14.3 Å². The van der Waals surface area contributed by atoms with Gasteiger partial charge in [0, 0.05) is 12.7 Å². The van der Waals surface area contributed by atoms with Crippen LogP contribution in [0.3, 0.4) is 0 Å². The Labute approximate surface area is 125 Å². The van der Waals surface area contributed by atoms with Crippen molar-refractivity contribution in [3.05, 3.63) is 23.8 Å².